The number of H-pyrrole nitrogens is 1. The summed E-state index contributed by atoms with van der Waals surface area (Å²) in [5.74, 6) is -0.761. The van der Waals surface area contributed by atoms with Gasteiger partial charge in [-0.15, -0.1) is 0 Å². The molecule has 0 atom stereocenters. The molecule has 2 aromatic rings. The predicted octanol–water partition coefficient (Wildman–Crippen LogP) is 0.0529. The number of sulfonamides is 1. The standard InChI is InChI=1S/C10H12N4O5S/c1-2-18-10(15)8-6-11-13-9(8)20(16,17)12-5-7-3-4-19-14-7/h3-4,6,12H,2,5H2,1H3,(H,11,13). The highest BCUT2D eigenvalue weighted by Crippen LogP contribution is 2.13. The lowest BCUT2D eigenvalue weighted by molar-refractivity contribution is 0.0522. The molecule has 2 rings (SSSR count). The fourth-order valence-corrected chi connectivity index (χ4v) is 2.48. The SMILES string of the molecule is CCOC(=O)c1cn[nH]c1S(=O)(=O)NCc1ccon1. The third-order valence-electron chi connectivity index (χ3n) is 2.30. The third kappa shape index (κ3) is 3.03. The minimum absolute atomic E-state index is 0.0693. The van der Waals surface area contributed by atoms with Crippen molar-refractivity contribution in [3.63, 3.8) is 0 Å². The molecule has 0 aliphatic carbocycles. The fraction of sp³-hybridized carbons (Fsp3) is 0.300. The highest BCUT2D eigenvalue weighted by molar-refractivity contribution is 7.89. The summed E-state index contributed by atoms with van der Waals surface area (Å²) < 4.78 is 35.8. The smallest absolute Gasteiger partial charge is 0.342 e. The summed E-state index contributed by atoms with van der Waals surface area (Å²) in [4.78, 5) is 11.6. The van der Waals surface area contributed by atoms with E-state index in [4.69, 9.17) is 4.74 Å². The zero-order valence-corrected chi connectivity index (χ0v) is 11.3. The van der Waals surface area contributed by atoms with Gasteiger partial charge in [-0.3, -0.25) is 5.10 Å². The van der Waals surface area contributed by atoms with Crippen LogP contribution in [-0.4, -0.2) is 36.3 Å². The van der Waals surface area contributed by atoms with E-state index in [-0.39, 0.29) is 23.7 Å². The minimum Gasteiger partial charge on any atom is -0.462 e. The van der Waals surface area contributed by atoms with E-state index in [1.165, 1.54) is 12.3 Å². The molecule has 0 spiro atoms. The third-order valence-corrected chi connectivity index (χ3v) is 3.68. The Balaban J connectivity index is 2.17. The van der Waals surface area contributed by atoms with Gasteiger partial charge in [-0.1, -0.05) is 5.16 Å². The number of esters is 1. The lowest BCUT2D eigenvalue weighted by Gasteiger charge is -2.05. The van der Waals surface area contributed by atoms with Crippen LogP contribution in [0.4, 0.5) is 0 Å². The number of hydrogen-bond donors (Lipinski definition) is 2. The second-order valence-corrected chi connectivity index (χ2v) is 5.35. The number of carbonyl (C=O) groups excluding carboxylic acids is 1. The van der Waals surface area contributed by atoms with Crippen molar-refractivity contribution in [3.8, 4) is 0 Å². The highest BCUT2D eigenvalue weighted by Gasteiger charge is 2.25. The van der Waals surface area contributed by atoms with Crippen LogP contribution in [0, 0.1) is 0 Å². The maximum absolute atomic E-state index is 12.1. The quantitative estimate of drug-likeness (QED) is 0.721. The van der Waals surface area contributed by atoms with Crippen LogP contribution in [0.2, 0.25) is 0 Å². The maximum Gasteiger partial charge on any atom is 0.342 e. The molecule has 0 amide bonds. The monoisotopic (exact) mass is 300 g/mol. The van der Waals surface area contributed by atoms with E-state index >= 15 is 0 Å². The van der Waals surface area contributed by atoms with E-state index in [1.54, 1.807) is 6.92 Å². The molecule has 0 radical (unpaired) electrons. The van der Waals surface area contributed by atoms with Crippen molar-refractivity contribution in [2.45, 2.75) is 18.5 Å². The Labute approximate surface area is 114 Å². The van der Waals surface area contributed by atoms with Gasteiger partial charge in [-0.2, -0.15) is 5.10 Å². The summed E-state index contributed by atoms with van der Waals surface area (Å²) in [5.41, 5.74) is 0.255. The number of carbonyl (C=O) groups is 1. The molecule has 0 unspecified atom stereocenters. The highest BCUT2D eigenvalue weighted by atomic mass is 32.2. The zero-order valence-electron chi connectivity index (χ0n) is 10.5. The molecule has 2 heterocycles. The molecule has 20 heavy (non-hydrogen) atoms. The van der Waals surface area contributed by atoms with Gasteiger partial charge < -0.3 is 9.26 Å². The number of hydrogen-bond acceptors (Lipinski definition) is 7. The maximum atomic E-state index is 12.1. The van der Waals surface area contributed by atoms with Crippen LogP contribution in [0.3, 0.4) is 0 Å². The summed E-state index contributed by atoms with van der Waals surface area (Å²) in [7, 11) is -3.94. The molecule has 10 heteroatoms. The minimum atomic E-state index is -3.94. The van der Waals surface area contributed by atoms with E-state index in [0.29, 0.717) is 5.69 Å². The van der Waals surface area contributed by atoms with Gasteiger partial charge in [0.2, 0.25) is 0 Å². The molecule has 0 saturated heterocycles. The summed E-state index contributed by atoms with van der Waals surface area (Å²) in [5, 5.41) is 9.05. The van der Waals surface area contributed by atoms with Gasteiger partial charge in [-0.25, -0.2) is 17.9 Å². The van der Waals surface area contributed by atoms with Crippen molar-refractivity contribution >= 4 is 16.0 Å². The number of nitrogens with zero attached hydrogens (tertiary/aromatic N) is 2. The Morgan fingerprint density at radius 2 is 2.35 bits per heavy atom. The van der Waals surface area contributed by atoms with Crippen molar-refractivity contribution in [1.82, 2.24) is 20.1 Å². The molecule has 2 aromatic heterocycles. The van der Waals surface area contributed by atoms with Crippen LogP contribution < -0.4 is 4.72 Å². The predicted molar refractivity (Wildman–Crippen MR) is 65.1 cm³/mol. The molecular formula is C10H12N4O5S. The fourth-order valence-electron chi connectivity index (χ4n) is 1.40. The summed E-state index contributed by atoms with van der Waals surface area (Å²) >= 11 is 0. The summed E-state index contributed by atoms with van der Waals surface area (Å²) in [6.07, 6.45) is 2.42. The van der Waals surface area contributed by atoms with E-state index < -0.39 is 16.0 Å². The van der Waals surface area contributed by atoms with E-state index in [2.05, 4.69) is 24.6 Å². The lowest BCUT2D eigenvalue weighted by Crippen LogP contribution is -2.25. The molecule has 9 nitrogen and oxygen atoms in total. The normalized spacial score (nSPS) is 11.4. The number of rotatable bonds is 6. The summed E-state index contributed by atoms with van der Waals surface area (Å²) in [6, 6.07) is 1.52. The van der Waals surface area contributed by atoms with Gasteiger partial charge in [0.25, 0.3) is 10.0 Å². The number of aromatic nitrogens is 3. The molecule has 0 bridgehead atoms. The van der Waals surface area contributed by atoms with Crippen LogP contribution in [0.15, 0.2) is 28.1 Å². The van der Waals surface area contributed by atoms with Crippen LogP contribution in [0.25, 0.3) is 0 Å². The second kappa shape index (κ2) is 5.84. The summed E-state index contributed by atoms with van der Waals surface area (Å²) in [6.45, 7) is 1.69. The molecule has 0 saturated carbocycles. The van der Waals surface area contributed by atoms with Crippen LogP contribution in [0.1, 0.15) is 23.0 Å². The molecule has 0 aromatic carbocycles. The first-order chi connectivity index (χ1) is 9.54. The molecule has 0 fully saturated rings. The molecule has 0 aliphatic heterocycles. The number of nitrogens with one attached hydrogen (secondary N) is 2. The number of ether oxygens (including phenoxy) is 1. The van der Waals surface area contributed by atoms with E-state index in [1.807, 2.05) is 0 Å². The molecule has 2 N–H and O–H groups in total. The van der Waals surface area contributed by atoms with Gasteiger partial charge in [0.1, 0.15) is 11.8 Å². The topological polar surface area (TPSA) is 127 Å². The molecular weight excluding hydrogens is 288 g/mol. The van der Waals surface area contributed by atoms with Gasteiger partial charge in [-0.05, 0) is 6.92 Å². The average molecular weight is 300 g/mol. The second-order valence-electron chi connectivity index (χ2n) is 3.65. The Morgan fingerprint density at radius 1 is 1.55 bits per heavy atom. The first kappa shape index (κ1) is 14.2. The molecule has 0 aliphatic rings. The molecule has 108 valence electrons. The Hall–Kier alpha value is -2.20. The van der Waals surface area contributed by atoms with Crippen LogP contribution in [-0.2, 0) is 21.3 Å². The first-order valence-electron chi connectivity index (χ1n) is 5.64. The van der Waals surface area contributed by atoms with E-state index in [9.17, 15) is 13.2 Å². The van der Waals surface area contributed by atoms with Crippen LogP contribution >= 0.6 is 0 Å². The average Bonchev–Trinajstić information content (AvgIpc) is 3.08. The van der Waals surface area contributed by atoms with Gasteiger partial charge in [0.15, 0.2) is 5.03 Å². The number of aromatic amines is 1. The lowest BCUT2D eigenvalue weighted by atomic mass is 10.4. The van der Waals surface area contributed by atoms with Crippen molar-refractivity contribution in [2.75, 3.05) is 6.61 Å². The van der Waals surface area contributed by atoms with Gasteiger partial charge >= 0.3 is 5.97 Å². The van der Waals surface area contributed by atoms with Crippen molar-refractivity contribution in [2.24, 2.45) is 0 Å². The Bertz CT molecular complexity index is 676. The van der Waals surface area contributed by atoms with Gasteiger partial charge in [0, 0.05) is 6.07 Å². The largest absolute Gasteiger partial charge is 0.462 e. The Morgan fingerprint density at radius 3 is 3.00 bits per heavy atom. The van der Waals surface area contributed by atoms with E-state index in [0.717, 1.165) is 6.20 Å². The van der Waals surface area contributed by atoms with Crippen LogP contribution in [0.5, 0.6) is 0 Å². The van der Waals surface area contributed by atoms with Crippen molar-refractivity contribution in [1.29, 1.82) is 0 Å². The Kier molecular flexibility index (Phi) is 4.15. The van der Waals surface area contributed by atoms with Crippen molar-refractivity contribution in [3.05, 3.63) is 29.8 Å². The van der Waals surface area contributed by atoms with Gasteiger partial charge in [0.05, 0.1) is 25.0 Å². The van der Waals surface area contributed by atoms with Crippen molar-refractivity contribution < 1.29 is 22.5 Å². The zero-order chi connectivity index (χ0) is 14.6. The first-order valence-corrected chi connectivity index (χ1v) is 7.12.